The first-order chi connectivity index (χ1) is 11.4. The quantitative estimate of drug-likeness (QED) is 0.902. The fraction of sp³-hybridized carbons (Fsp3) is 0.778. The standard InChI is InChI=1S/C18H30N4O2/c1-14(23)10-22-13-18(5-4-17(22)24)6-8-21(9-7-18)12-16-11-20(3)19-15(16)2/h11,14,23H,4-10,12-13H2,1-3H3/t14-/m1/s1. The Morgan fingerprint density at radius 1 is 1.33 bits per heavy atom. The molecule has 0 aromatic carbocycles. The summed E-state index contributed by atoms with van der Waals surface area (Å²) in [5, 5.41) is 14.1. The van der Waals surface area contributed by atoms with E-state index in [0.717, 1.165) is 51.1 Å². The Balaban J connectivity index is 1.57. The Kier molecular flexibility index (Phi) is 4.97. The van der Waals surface area contributed by atoms with Crippen molar-refractivity contribution < 1.29 is 9.90 Å². The van der Waals surface area contributed by atoms with Crippen LogP contribution in [0.2, 0.25) is 0 Å². The molecule has 1 aromatic heterocycles. The van der Waals surface area contributed by atoms with Gasteiger partial charge in [-0.25, -0.2) is 0 Å². The first kappa shape index (κ1) is 17.4. The highest BCUT2D eigenvalue weighted by molar-refractivity contribution is 5.77. The molecule has 3 heterocycles. The van der Waals surface area contributed by atoms with Crippen molar-refractivity contribution in [3.8, 4) is 0 Å². The molecule has 1 spiro atoms. The number of amides is 1. The summed E-state index contributed by atoms with van der Waals surface area (Å²) in [5.41, 5.74) is 2.68. The average Bonchev–Trinajstić information content (AvgIpc) is 2.83. The van der Waals surface area contributed by atoms with Gasteiger partial charge >= 0.3 is 0 Å². The number of aliphatic hydroxyl groups excluding tert-OH is 1. The summed E-state index contributed by atoms with van der Waals surface area (Å²) in [6.07, 6.45) is 5.57. The van der Waals surface area contributed by atoms with Crippen molar-refractivity contribution in [3.63, 3.8) is 0 Å². The minimum absolute atomic E-state index is 0.204. The van der Waals surface area contributed by atoms with Crippen LogP contribution in [0.4, 0.5) is 0 Å². The van der Waals surface area contributed by atoms with Crippen molar-refractivity contribution in [2.45, 2.75) is 52.2 Å². The molecule has 134 valence electrons. The van der Waals surface area contributed by atoms with Gasteiger partial charge in [-0.05, 0) is 51.6 Å². The van der Waals surface area contributed by atoms with Crippen LogP contribution in [-0.2, 0) is 18.4 Å². The van der Waals surface area contributed by atoms with E-state index < -0.39 is 6.10 Å². The van der Waals surface area contributed by atoms with Gasteiger partial charge in [0.2, 0.25) is 5.91 Å². The number of nitrogens with zero attached hydrogens (tertiary/aromatic N) is 4. The normalized spacial score (nSPS) is 23.0. The third kappa shape index (κ3) is 3.81. The molecule has 1 aromatic rings. The SMILES string of the molecule is Cc1nn(C)cc1CN1CCC2(CCC(=O)N(C[C@@H](C)O)C2)CC1. The number of hydrogen-bond acceptors (Lipinski definition) is 4. The van der Waals surface area contributed by atoms with E-state index in [1.54, 1.807) is 6.92 Å². The highest BCUT2D eigenvalue weighted by Crippen LogP contribution is 2.40. The number of likely N-dealkylation sites (tertiary alicyclic amines) is 2. The Bertz CT molecular complexity index is 588. The molecule has 2 saturated heterocycles. The van der Waals surface area contributed by atoms with Crippen LogP contribution in [0.3, 0.4) is 0 Å². The van der Waals surface area contributed by atoms with Crippen LogP contribution in [0.1, 0.15) is 43.9 Å². The van der Waals surface area contributed by atoms with Crippen molar-refractivity contribution in [2.75, 3.05) is 26.2 Å². The zero-order chi connectivity index (χ0) is 17.3. The van der Waals surface area contributed by atoms with Crippen molar-refractivity contribution >= 4 is 5.91 Å². The zero-order valence-electron chi connectivity index (χ0n) is 15.2. The first-order valence-corrected chi connectivity index (χ1v) is 9.04. The molecule has 2 fully saturated rings. The van der Waals surface area contributed by atoms with Crippen LogP contribution in [0.25, 0.3) is 0 Å². The van der Waals surface area contributed by atoms with E-state index in [4.69, 9.17) is 0 Å². The predicted octanol–water partition coefficient (Wildman–Crippen LogP) is 1.31. The molecule has 0 aliphatic carbocycles. The topological polar surface area (TPSA) is 61.6 Å². The first-order valence-electron chi connectivity index (χ1n) is 9.04. The molecule has 6 nitrogen and oxygen atoms in total. The second kappa shape index (κ2) is 6.84. The molecule has 24 heavy (non-hydrogen) atoms. The molecule has 0 unspecified atom stereocenters. The molecular weight excluding hydrogens is 304 g/mol. The third-order valence-corrected chi connectivity index (χ3v) is 5.66. The van der Waals surface area contributed by atoms with Crippen molar-refractivity contribution in [3.05, 3.63) is 17.5 Å². The summed E-state index contributed by atoms with van der Waals surface area (Å²) in [6, 6.07) is 0. The van der Waals surface area contributed by atoms with Crippen LogP contribution in [-0.4, -0.2) is 62.9 Å². The van der Waals surface area contributed by atoms with Gasteiger partial charge in [0.05, 0.1) is 11.8 Å². The van der Waals surface area contributed by atoms with Gasteiger partial charge in [-0.15, -0.1) is 0 Å². The van der Waals surface area contributed by atoms with Gasteiger partial charge in [-0.1, -0.05) is 0 Å². The van der Waals surface area contributed by atoms with E-state index in [2.05, 4.69) is 23.1 Å². The van der Waals surface area contributed by atoms with E-state index in [1.165, 1.54) is 5.56 Å². The fourth-order valence-corrected chi connectivity index (χ4v) is 4.23. The summed E-state index contributed by atoms with van der Waals surface area (Å²) in [4.78, 5) is 16.5. The van der Waals surface area contributed by atoms with E-state index in [0.29, 0.717) is 13.0 Å². The Morgan fingerprint density at radius 2 is 2.04 bits per heavy atom. The van der Waals surface area contributed by atoms with E-state index in [1.807, 2.05) is 16.6 Å². The minimum atomic E-state index is -0.447. The van der Waals surface area contributed by atoms with Crippen molar-refractivity contribution in [2.24, 2.45) is 12.5 Å². The molecule has 2 aliphatic heterocycles. The second-order valence-electron chi connectivity index (χ2n) is 7.81. The number of carbonyl (C=O) groups is 1. The number of rotatable bonds is 4. The highest BCUT2D eigenvalue weighted by Gasteiger charge is 2.41. The van der Waals surface area contributed by atoms with E-state index >= 15 is 0 Å². The Morgan fingerprint density at radius 3 is 2.62 bits per heavy atom. The average molecular weight is 334 g/mol. The van der Waals surface area contributed by atoms with E-state index in [9.17, 15) is 9.90 Å². The maximum absolute atomic E-state index is 12.1. The summed E-state index contributed by atoms with van der Waals surface area (Å²) in [5.74, 6) is 0.204. The number of piperidine rings is 2. The van der Waals surface area contributed by atoms with Crippen LogP contribution in [0.5, 0.6) is 0 Å². The molecule has 2 aliphatic rings. The lowest BCUT2D eigenvalue weighted by Gasteiger charge is -2.47. The molecule has 1 N–H and O–H groups in total. The number of hydrogen-bond donors (Lipinski definition) is 1. The van der Waals surface area contributed by atoms with Crippen LogP contribution in [0, 0.1) is 12.3 Å². The predicted molar refractivity (Wildman–Crippen MR) is 92.4 cm³/mol. The van der Waals surface area contributed by atoms with Gasteiger partial charge in [0.25, 0.3) is 0 Å². The molecule has 0 saturated carbocycles. The molecule has 3 rings (SSSR count). The fourth-order valence-electron chi connectivity index (χ4n) is 4.23. The van der Waals surface area contributed by atoms with E-state index in [-0.39, 0.29) is 11.3 Å². The lowest BCUT2D eigenvalue weighted by atomic mass is 9.72. The van der Waals surface area contributed by atoms with Crippen molar-refractivity contribution in [1.82, 2.24) is 19.6 Å². The number of aliphatic hydroxyl groups is 1. The van der Waals surface area contributed by atoms with Crippen LogP contribution < -0.4 is 0 Å². The number of β-amino-alcohol motifs (C(OH)–C–C–N with tert-alkyl or cyclic N) is 1. The largest absolute Gasteiger partial charge is 0.392 e. The summed E-state index contributed by atoms with van der Waals surface area (Å²) < 4.78 is 1.89. The lowest BCUT2D eigenvalue weighted by Crippen LogP contribution is -2.52. The summed E-state index contributed by atoms with van der Waals surface area (Å²) in [7, 11) is 1.97. The molecule has 0 radical (unpaired) electrons. The van der Waals surface area contributed by atoms with Gasteiger partial charge in [-0.2, -0.15) is 5.10 Å². The number of aryl methyl sites for hydroxylation is 2. The molecule has 0 bridgehead atoms. The molecule has 6 heteroatoms. The maximum Gasteiger partial charge on any atom is 0.222 e. The molecule has 1 amide bonds. The summed E-state index contributed by atoms with van der Waals surface area (Å²) in [6.45, 7) is 8.23. The van der Waals surface area contributed by atoms with Crippen LogP contribution >= 0.6 is 0 Å². The Labute approximate surface area is 144 Å². The monoisotopic (exact) mass is 334 g/mol. The molecular formula is C18H30N4O2. The second-order valence-corrected chi connectivity index (χ2v) is 7.81. The van der Waals surface area contributed by atoms with Gasteiger partial charge in [-0.3, -0.25) is 14.4 Å². The lowest BCUT2D eigenvalue weighted by molar-refractivity contribution is -0.140. The minimum Gasteiger partial charge on any atom is -0.392 e. The number of aromatic nitrogens is 2. The van der Waals surface area contributed by atoms with Gasteiger partial charge in [0, 0.05) is 44.9 Å². The van der Waals surface area contributed by atoms with Crippen LogP contribution in [0.15, 0.2) is 6.20 Å². The Hall–Kier alpha value is -1.40. The third-order valence-electron chi connectivity index (χ3n) is 5.66. The summed E-state index contributed by atoms with van der Waals surface area (Å²) >= 11 is 0. The smallest absolute Gasteiger partial charge is 0.222 e. The van der Waals surface area contributed by atoms with Gasteiger partial charge in [0.1, 0.15) is 0 Å². The van der Waals surface area contributed by atoms with Gasteiger partial charge < -0.3 is 10.0 Å². The maximum atomic E-state index is 12.1. The highest BCUT2D eigenvalue weighted by atomic mass is 16.3. The van der Waals surface area contributed by atoms with Crippen molar-refractivity contribution in [1.29, 1.82) is 0 Å². The molecule has 1 atom stereocenters. The van der Waals surface area contributed by atoms with Gasteiger partial charge in [0.15, 0.2) is 0 Å². The number of carbonyl (C=O) groups excluding carboxylic acids is 1. The zero-order valence-corrected chi connectivity index (χ0v) is 15.2.